The van der Waals surface area contributed by atoms with E-state index in [9.17, 15) is 0 Å². The van der Waals surface area contributed by atoms with Crippen molar-refractivity contribution in [2.75, 3.05) is 42.7 Å². The highest BCUT2D eigenvalue weighted by Gasteiger charge is 2.13. The van der Waals surface area contributed by atoms with E-state index in [0.29, 0.717) is 45.6 Å². The zero-order valence-corrected chi connectivity index (χ0v) is 17.8. The van der Waals surface area contributed by atoms with E-state index in [1.54, 1.807) is 24.3 Å². The molecular formula is C21H25N3O6. The lowest BCUT2D eigenvalue weighted by Gasteiger charge is -2.12. The summed E-state index contributed by atoms with van der Waals surface area (Å²) < 4.78 is 31.8. The second-order valence-corrected chi connectivity index (χ2v) is 5.76. The summed E-state index contributed by atoms with van der Waals surface area (Å²) in [7, 11) is 9.18. The fourth-order valence-electron chi connectivity index (χ4n) is 2.66. The summed E-state index contributed by atoms with van der Waals surface area (Å²) in [5.41, 5.74) is 1.33. The molecule has 160 valence electrons. The van der Waals surface area contributed by atoms with Crippen molar-refractivity contribution in [3.63, 3.8) is 0 Å². The third kappa shape index (κ3) is 5.19. The second-order valence-electron chi connectivity index (χ2n) is 5.76. The highest BCUT2D eigenvalue weighted by Crippen LogP contribution is 2.38. The molecule has 0 bridgehead atoms. The molecule has 0 atom stereocenters. The zero-order valence-electron chi connectivity index (χ0n) is 17.8. The standard InChI is InChI=1S/C21H25N3O6/c1-25-15-7-13(8-16(26-2)19(15)29-5)11-23-21(22)24-12-14-9-17(27-3)20(30-6)18(10-14)28-4/h7-12,22H,1-6H3/b23-11+,24-12+. The highest BCUT2D eigenvalue weighted by atomic mass is 16.5. The SMILES string of the molecule is COc1cc(/C=N/C(=N)/N=C/c2cc(OC)c(OC)c(OC)c2)cc(OC)c1OC. The van der Waals surface area contributed by atoms with Gasteiger partial charge in [-0.2, -0.15) is 0 Å². The number of nitrogens with one attached hydrogen (secondary N) is 1. The van der Waals surface area contributed by atoms with Gasteiger partial charge >= 0.3 is 0 Å². The Morgan fingerprint density at radius 1 is 0.600 bits per heavy atom. The van der Waals surface area contributed by atoms with Crippen LogP contribution in [0.5, 0.6) is 34.5 Å². The average Bonchev–Trinajstić information content (AvgIpc) is 2.79. The van der Waals surface area contributed by atoms with Crippen LogP contribution in [0.4, 0.5) is 0 Å². The van der Waals surface area contributed by atoms with Gasteiger partial charge in [-0.05, 0) is 24.3 Å². The first kappa shape index (κ1) is 22.5. The molecule has 0 fully saturated rings. The van der Waals surface area contributed by atoms with Gasteiger partial charge in [-0.15, -0.1) is 0 Å². The maximum absolute atomic E-state index is 7.97. The Balaban J connectivity index is 2.23. The molecular weight excluding hydrogens is 390 g/mol. The Morgan fingerprint density at radius 3 is 1.13 bits per heavy atom. The van der Waals surface area contributed by atoms with Crippen molar-refractivity contribution < 1.29 is 28.4 Å². The maximum atomic E-state index is 7.97. The lowest BCUT2D eigenvalue weighted by molar-refractivity contribution is 0.324. The maximum Gasteiger partial charge on any atom is 0.241 e. The van der Waals surface area contributed by atoms with E-state index in [-0.39, 0.29) is 5.96 Å². The molecule has 0 amide bonds. The van der Waals surface area contributed by atoms with Crippen molar-refractivity contribution in [1.29, 1.82) is 5.41 Å². The smallest absolute Gasteiger partial charge is 0.241 e. The summed E-state index contributed by atoms with van der Waals surface area (Å²) in [5, 5.41) is 7.97. The molecule has 2 aromatic rings. The Hall–Kier alpha value is -3.75. The second kappa shape index (κ2) is 10.7. The van der Waals surface area contributed by atoms with Gasteiger partial charge in [-0.3, -0.25) is 5.41 Å². The molecule has 2 rings (SSSR count). The first-order valence-corrected chi connectivity index (χ1v) is 8.77. The number of nitrogens with zero attached hydrogens (tertiary/aromatic N) is 2. The Bertz CT molecular complexity index is 830. The molecule has 0 saturated carbocycles. The molecule has 1 N–H and O–H groups in total. The number of ether oxygens (including phenoxy) is 6. The monoisotopic (exact) mass is 415 g/mol. The van der Waals surface area contributed by atoms with Gasteiger partial charge in [0.1, 0.15) is 0 Å². The van der Waals surface area contributed by atoms with Crippen LogP contribution in [0.3, 0.4) is 0 Å². The van der Waals surface area contributed by atoms with E-state index < -0.39 is 0 Å². The molecule has 30 heavy (non-hydrogen) atoms. The minimum absolute atomic E-state index is 0.197. The molecule has 0 aliphatic carbocycles. The quantitative estimate of drug-likeness (QED) is 0.524. The average molecular weight is 415 g/mol. The first-order chi connectivity index (χ1) is 14.5. The van der Waals surface area contributed by atoms with Gasteiger partial charge < -0.3 is 28.4 Å². The summed E-state index contributed by atoms with van der Waals surface area (Å²) in [6.07, 6.45) is 2.97. The van der Waals surface area contributed by atoms with Gasteiger partial charge in [0.25, 0.3) is 0 Å². The molecule has 0 radical (unpaired) electrons. The lowest BCUT2D eigenvalue weighted by atomic mass is 10.2. The van der Waals surface area contributed by atoms with E-state index in [2.05, 4.69) is 9.98 Å². The van der Waals surface area contributed by atoms with E-state index in [4.69, 9.17) is 33.8 Å². The Labute approximate surface area is 175 Å². The van der Waals surface area contributed by atoms with Gasteiger partial charge in [0.2, 0.25) is 17.5 Å². The van der Waals surface area contributed by atoms with Crippen LogP contribution in [0.25, 0.3) is 0 Å². The third-order valence-electron chi connectivity index (χ3n) is 4.05. The molecule has 2 aromatic carbocycles. The van der Waals surface area contributed by atoms with Crippen LogP contribution in [0.1, 0.15) is 11.1 Å². The van der Waals surface area contributed by atoms with E-state index >= 15 is 0 Å². The van der Waals surface area contributed by atoms with Crippen molar-refractivity contribution in [3.05, 3.63) is 35.4 Å². The van der Waals surface area contributed by atoms with Crippen LogP contribution in [-0.2, 0) is 0 Å². The van der Waals surface area contributed by atoms with Crippen LogP contribution in [-0.4, -0.2) is 61.0 Å². The molecule has 0 saturated heterocycles. The van der Waals surface area contributed by atoms with Crippen molar-refractivity contribution in [1.82, 2.24) is 0 Å². The topological polar surface area (TPSA) is 104 Å². The van der Waals surface area contributed by atoms with E-state index in [0.717, 1.165) is 0 Å². The van der Waals surface area contributed by atoms with Crippen LogP contribution >= 0.6 is 0 Å². The molecule has 0 aliphatic rings. The predicted octanol–water partition coefficient (Wildman–Crippen LogP) is 3.21. The number of methoxy groups -OCH3 is 6. The largest absolute Gasteiger partial charge is 0.493 e. The summed E-state index contributed by atoms with van der Waals surface area (Å²) in [5.74, 6) is 2.73. The molecule has 0 heterocycles. The Morgan fingerprint density at radius 2 is 0.900 bits per heavy atom. The molecule has 0 spiro atoms. The van der Waals surface area contributed by atoms with Crippen LogP contribution in [0.2, 0.25) is 0 Å². The summed E-state index contributed by atoms with van der Waals surface area (Å²) >= 11 is 0. The molecule has 9 heteroatoms. The third-order valence-corrected chi connectivity index (χ3v) is 4.05. The van der Waals surface area contributed by atoms with Gasteiger partial charge in [0.15, 0.2) is 23.0 Å². The van der Waals surface area contributed by atoms with Gasteiger partial charge in [0, 0.05) is 23.6 Å². The van der Waals surface area contributed by atoms with Crippen LogP contribution < -0.4 is 28.4 Å². The molecule has 0 aromatic heterocycles. The van der Waals surface area contributed by atoms with Crippen LogP contribution in [0, 0.1) is 5.41 Å². The molecule has 9 nitrogen and oxygen atoms in total. The highest BCUT2D eigenvalue weighted by molar-refractivity contribution is 5.98. The predicted molar refractivity (Wildman–Crippen MR) is 115 cm³/mol. The van der Waals surface area contributed by atoms with E-state index in [1.165, 1.54) is 55.1 Å². The fraction of sp³-hybridized carbons (Fsp3) is 0.286. The number of hydrogen-bond acceptors (Lipinski definition) is 7. The zero-order chi connectivity index (χ0) is 22.1. The fourth-order valence-corrected chi connectivity index (χ4v) is 2.66. The van der Waals surface area contributed by atoms with Crippen molar-refractivity contribution in [2.24, 2.45) is 9.98 Å². The Kier molecular flexibility index (Phi) is 8.04. The summed E-state index contributed by atoms with van der Waals surface area (Å²) in [4.78, 5) is 8.11. The normalized spacial score (nSPS) is 10.9. The number of hydrogen-bond donors (Lipinski definition) is 1. The molecule has 0 unspecified atom stereocenters. The van der Waals surface area contributed by atoms with E-state index in [1.807, 2.05) is 0 Å². The van der Waals surface area contributed by atoms with Crippen LogP contribution in [0.15, 0.2) is 34.3 Å². The summed E-state index contributed by atoms with van der Waals surface area (Å²) in [6.45, 7) is 0. The first-order valence-electron chi connectivity index (χ1n) is 8.77. The van der Waals surface area contributed by atoms with Crippen molar-refractivity contribution in [3.8, 4) is 34.5 Å². The molecule has 0 aliphatic heterocycles. The lowest BCUT2D eigenvalue weighted by Crippen LogP contribution is -1.98. The minimum atomic E-state index is -0.197. The van der Waals surface area contributed by atoms with Gasteiger partial charge in [-0.1, -0.05) is 0 Å². The summed E-state index contributed by atoms with van der Waals surface area (Å²) in [6, 6.07) is 6.89. The number of benzene rings is 2. The van der Waals surface area contributed by atoms with Gasteiger partial charge in [-0.25, -0.2) is 9.98 Å². The number of rotatable bonds is 8. The van der Waals surface area contributed by atoms with Crippen molar-refractivity contribution >= 4 is 18.4 Å². The van der Waals surface area contributed by atoms with Crippen molar-refractivity contribution in [2.45, 2.75) is 0 Å². The minimum Gasteiger partial charge on any atom is -0.493 e. The van der Waals surface area contributed by atoms with Gasteiger partial charge in [0.05, 0.1) is 42.7 Å². The number of aliphatic imine (C=N–C) groups is 2. The number of guanidine groups is 1.